The zero-order valence-electron chi connectivity index (χ0n) is 16.6. The molecule has 0 atom stereocenters. The van der Waals surface area contributed by atoms with Crippen molar-refractivity contribution < 1.29 is 13.2 Å². The Morgan fingerprint density at radius 3 is 2.43 bits per heavy atom. The molecule has 1 aliphatic carbocycles. The van der Waals surface area contributed by atoms with Gasteiger partial charge in [0.05, 0.1) is 16.0 Å². The fourth-order valence-corrected chi connectivity index (χ4v) is 5.97. The molecule has 0 bridgehead atoms. The van der Waals surface area contributed by atoms with E-state index in [1.54, 1.807) is 24.3 Å². The van der Waals surface area contributed by atoms with Gasteiger partial charge in [-0.2, -0.15) is 4.31 Å². The van der Waals surface area contributed by atoms with E-state index in [4.69, 9.17) is 4.98 Å². The Morgan fingerprint density at radius 2 is 1.67 bits per heavy atom. The highest BCUT2D eigenvalue weighted by Crippen LogP contribution is 2.31. The number of aromatic nitrogens is 1. The molecule has 1 N–H and O–H groups in total. The molecule has 7 heteroatoms. The van der Waals surface area contributed by atoms with Crippen LogP contribution in [-0.2, 0) is 22.9 Å². The normalized spacial score (nSPS) is 16.7. The fraction of sp³-hybridized carbons (Fsp3) is 0.304. The SMILES string of the molecule is O=C(Nc1ccc(S(=O)(=O)N2CCCC2)cc1)c1c2c(nc3ccccc13)CCC2. The monoisotopic (exact) mass is 421 g/mol. The molecule has 30 heavy (non-hydrogen) atoms. The standard InChI is InChI=1S/C23H23N3O3S/c27-23(22-18-6-1-2-8-20(18)25-21-9-5-7-19(21)22)24-16-10-12-17(13-11-16)30(28,29)26-14-3-4-15-26/h1-2,6,8,10-13H,3-5,7,9,14-15H2,(H,24,27). The number of para-hydroxylation sites is 1. The summed E-state index contributed by atoms with van der Waals surface area (Å²) in [6.45, 7) is 1.14. The Kier molecular flexibility index (Phi) is 4.79. The number of sulfonamides is 1. The van der Waals surface area contributed by atoms with Gasteiger partial charge in [0.15, 0.2) is 0 Å². The summed E-state index contributed by atoms with van der Waals surface area (Å²) in [6.07, 6.45) is 4.55. The highest BCUT2D eigenvalue weighted by molar-refractivity contribution is 7.89. The number of fused-ring (bicyclic) bond motifs is 2. The molecule has 2 aliphatic rings. The van der Waals surface area contributed by atoms with Crippen molar-refractivity contribution in [1.29, 1.82) is 0 Å². The van der Waals surface area contributed by atoms with Crippen LogP contribution in [0.15, 0.2) is 53.4 Å². The van der Waals surface area contributed by atoms with E-state index in [0.717, 1.165) is 54.3 Å². The van der Waals surface area contributed by atoms with Crippen LogP contribution in [-0.4, -0.2) is 36.7 Å². The van der Waals surface area contributed by atoms with Gasteiger partial charge in [-0.15, -0.1) is 0 Å². The molecule has 1 saturated heterocycles. The van der Waals surface area contributed by atoms with Gasteiger partial charge < -0.3 is 5.32 Å². The highest BCUT2D eigenvalue weighted by Gasteiger charge is 2.27. The first kappa shape index (κ1) is 19.2. The number of anilines is 1. The minimum Gasteiger partial charge on any atom is -0.322 e. The Labute approximate surface area is 176 Å². The lowest BCUT2D eigenvalue weighted by Gasteiger charge is -2.16. The van der Waals surface area contributed by atoms with Gasteiger partial charge in [0, 0.05) is 29.9 Å². The van der Waals surface area contributed by atoms with Crippen LogP contribution in [0.5, 0.6) is 0 Å². The molecule has 154 valence electrons. The third-order valence-corrected chi connectivity index (χ3v) is 7.87. The van der Waals surface area contributed by atoms with Crippen LogP contribution < -0.4 is 5.32 Å². The van der Waals surface area contributed by atoms with Crippen LogP contribution in [0.1, 0.15) is 40.9 Å². The van der Waals surface area contributed by atoms with Gasteiger partial charge in [-0.3, -0.25) is 9.78 Å². The topological polar surface area (TPSA) is 79.4 Å². The largest absolute Gasteiger partial charge is 0.322 e. The third kappa shape index (κ3) is 3.28. The first-order valence-electron chi connectivity index (χ1n) is 10.4. The molecular formula is C23H23N3O3S. The second-order valence-electron chi connectivity index (χ2n) is 7.87. The maximum absolute atomic E-state index is 13.2. The van der Waals surface area contributed by atoms with Gasteiger partial charge >= 0.3 is 0 Å². The average Bonchev–Trinajstić information content (AvgIpc) is 3.44. The summed E-state index contributed by atoms with van der Waals surface area (Å²) in [4.78, 5) is 18.2. The molecule has 3 aromatic rings. The second-order valence-corrected chi connectivity index (χ2v) is 9.81. The summed E-state index contributed by atoms with van der Waals surface area (Å²) in [5.74, 6) is -0.179. The molecule has 2 aromatic carbocycles. The van der Waals surface area contributed by atoms with E-state index in [-0.39, 0.29) is 10.8 Å². The van der Waals surface area contributed by atoms with Crippen molar-refractivity contribution in [2.45, 2.75) is 37.0 Å². The van der Waals surface area contributed by atoms with Gasteiger partial charge in [-0.1, -0.05) is 18.2 Å². The maximum Gasteiger partial charge on any atom is 0.256 e. The van der Waals surface area contributed by atoms with Crippen LogP contribution >= 0.6 is 0 Å². The summed E-state index contributed by atoms with van der Waals surface area (Å²) in [6, 6.07) is 14.2. The van der Waals surface area contributed by atoms with Crippen LogP contribution in [0.4, 0.5) is 5.69 Å². The van der Waals surface area contributed by atoms with Crippen LogP contribution in [0, 0.1) is 0 Å². The summed E-state index contributed by atoms with van der Waals surface area (Å²) >= 11 is 0. The quantitative estimate of drug-likeness (QED) is 0.696. The van der Waals surface area contributed by atoms with Crippen molar-refractivity contribution in [2.24, 2.45) is 0 Å². The Hall–Kier alpha value is -2.77. The number of pyridine rings is 1. The second kappa shape index (κ2) is 7.49. The molecule has 1 aromatic heterocycles. The Morgan fingerprint density at radius 1 is 0.933 bits per heavy atom. The van der Waals surface area contributed by atoms with Gasteiger partial charge in [0.2, 0.25) is 10.0 Å². The number of benzene rings is 2. The number of aryl methyl sites for hydroxylation is 1. The molecule has 1 amide bonds. The summed E-state index contributed by atoms with van der Waals surface area (Å²) in [5, 5.41) is 3.80. The van der Waals surface area contributed by atoms with Crippen molar-refractivity contribution in [2.75, 3.05) is 18.4 Å². The number of carbonyl (C=O) groups excluding carboxylic acids is 1. The van der Waals surface area contributed by atoms with Crippen LogP contribution in [0.3, 0.4) is 0 Å². The number of nitrogens with zero attached hydrogens (tertiary/aromatic N) is 2. The fourth-order valence-electron chi connectivity index (χ4n) is 4.45. The zero-order chi connectivity index (χ0) is 20.7. The van der Waals surface area contributed by atoms with Crippen molar-refractivity contribution in [3.05, 3.63) is 65.4 Å². The number of rotatable bonds is 4. The number of nitrogens with one attached hydrogen (secondary N) is 1. The van der Waals surface area contributed by atoms with Gasteiger partial charge in [0.1, 0.15) is 0 Å². The van der Waals surface area contributed by atoms with Crippen molar-refractivity contribution in [3.63, 3.8) is 0 Å². The summed E-state index contributed by atoms with van der Waals surface area (Å²) < 4.78 is 26.9. The van der Waals surface area contributed by atoms with Crippen LogP contribution in [0.2, 0.25) is 0 Å². The molecule has 0 spiro atoms. The molecule has 5 rings (SSSR count). The number of hydrogen-bond donors (Lipinski definition) is 1. The lowest BCUT2D eigenvalue weighted by Crippen LogP contribution is -2.27. The van der Waals surface area contributed by atoms with Gasteiger partial charge in [-0.25, -0.2) is 8.42 Å². The molecule has 1 aliphatic heterocycles. The smallest absolute Gasteiger partial charge is 0.256 e. The molecule has 6 nitrogen and oxygen atoms in total. The minimum atomic E-state index is -3.46. The molecule has 2 heterocycles. The van der Waals surface area contributed by atoms with E-state index < -0.39 is 10.0 Å². The van der Waals surface area contributed by atoms with E-state index in [1.165, 1.54) is 4.31 Å². The minimum absolute atomic E-state index is 0.179. The maximum atomic E-state index is 13.2. The lowest BCUT2D eigenvalue weighted by atomic mass is 10.0. The number of amides is 1. The van der Waals surface area contributed by atoms with Gasteiger partial charge in [0.25, 0.3) is 5.91 Å². The van der Waals surface area contributed by atoms with Crippen LogP contribution in [0.25, 0.3) is 10.9 Å². The third-order valence-electron chi connectivity index (χ3n) is 5.96. The molecule has 1 fully saturated rings. The Bertz CT molecular complexity index is 1230. The van der Waals surface area contributed by atoms with Crippen molar-refractivity contribution in [3.8, 4) is 0 Å². The molecule has 0 saturated carbocycles. The first-order valence-corrected chi connectivity index (χ1v) is 11.8. The summed E-state index contributed by atoms with van der Waals surface area (Å²) in [5.41, 5.74) is 4.12. The van der Waals surface area contributed by atoms with E-state index >= 15 is 0 Å². The van der Waals surface area contributed by atoms with Crippen molar-refractivity contribution in [1.82, 2.24) is 9.29 Å². The lowest BCUT2D eigenvalue weighted by molar-refractivity contribution is 0.102. The molecule has 0 unspecified atom stereocenters. The first-order chi connectivity index (χ1) is 14.5. The number of hydrogen-bond acceptors (Lipinski definition) is 4. The van der Waals surface area contributed by atoms with Gasteiger partial charge in [-0.05, 0) is 68.0 Å². The zero-order valence-corrected chi connectivity index (χ0v) is 17.4. The van der Waals surface area contributed by atoms with Crippen molar-refractivity contribution >= 4 is 32.5 Å². The van der Waals surface area contributed by atoms with E-state index in [0.29, 0.717) is 24.3 Å². The van der Waals surface area contributed by atoms with E-state index in [2.05, 4.69) is 5.32 Å². The predicted molar refractivity (Wildman–Crippen MR) is 116 cm³/mol. The predicted octanol–water partition coefficient (Wildman–Crippen LogP) is 3.76. The molecular weight excluding hydrogens is 398 g/mol. The van der Waals surface area contributed by atoms with E-state index in [1.807, 2.05) is 24.3 Å². The van der Waals surface area contributed by atoms with E-state index in [9.17, 15) is 13.2 Å². The average molecular weight is 422 g/mol. The highest BCUT2D eigenvalue weighted by atomic mass is 32.2. The number of carbonyl (C=O) groups is 1. The Balaban J connectivity index is 1.44. The molecule has 0 radical (unpaired) electrons. The summed E-state index contributed by atoms with van der Waals surface area (Å²) in [7, 11) is -3.46.